The molecular formula is C14H23N3O3. The van der Waals surface area contributed by atoms with Crippen molar-refractivity contribution in [2.24, 2.45) is 13.0 Å². The maximum absolute atomic E-state index is 12.1. The smallest absolute Gasteiger partial charge is 0.254 e. The van der Waals surface area contributed by atoms with Gasteiger partial charge in [0.25, 0.3) is 5.91 Å². The summed E-state index contributed by atoms with van der Waals surface area (Å²) in [5.41, 5.74) is 1.37. The Morgan fingerprint density at radius 1 is 1.55 bits per heavy atom. The molecule has 112 valence electrons. The summed E-state index contributed by atoms with van der Waals surface area (Å²) in [6.07, 6.45) is 2.50. The quantitative estimate of drug-likeness (QED) is 0.882. The van der Waals surface area contributed by atoms with Gasteiger partial charge in [-0.15, -0.1) is 0 Å². The van der Waals surface area contributed by atoms with Gasteiger partial charge in [-0.25, -0.2) is 0 Å². The Balaban J connectivity index is 1.82. The van der Waals surface area contributed by atoms with E-state index < -0.39 is 5.79 Å². The summed E-state index contributed by atoms with van der Waals surface area (Å²) >= 11 is 0. The minimum absolute atomic E-state index is 0.0825. The van der Waals surface area contributed by atoms with Crippen molar-refractivity contribution in [1.82, 2.24) is 15.1 Å². The second kappa shape index (κ2) is 5.93. The number of hydrogen-bond donors (Lipinski definition) is 1. The van der Waals surface area contributed by atoms with E-state index >= 15 is 0 Å². The summed E-state index contributed by atoms with van der Waals surface area (Å²) in [6.45, 7) is 7.74. The lowest BCUT2D eigenvalue weighted by Crippen LogP contribution is -2.34. The number of aromatic nitrogens is 2. The Bertz CT molecular complexity index is 478. The molecule has 1 aliphatic rings. The van der Waals surface area contributed by atoms with Crippen LogP contribution < -0.4 is 5.32 Å². The van der Waals surface area contributed by atoms with Crippen molar-refractivity contribution < 1.29 is 14.3 Å². The molecule has 1 aliphatic heterocycles. The van der Waals surface area contributed by atoms with E-state index in [1.54, 1.807) is 10.9 Å². The molecule has 6 nitrogen and oxygen atoms in total. The highest BCUT2D eigenvalue weighted by atomic mass is 16.7. The fourth-order valence-electron chi connectivity index (χ4n) is 2.56. The van der Waals surface area contributed by atoms with Crippen LogP contribution in [0.4, 0.5) is 0 Å². The standard InChI is InChI=1S/C14H23N3O3/c1-10(7-14(3)19-5-6-20-14)8-15-13(18)12-9-17(4)16-11(12)2/h9-10H,5-8H2,1-4H3,(H,15,18)/t10-/m0/s1. The molecule has 1 atom stereocenters. The monoisotopic (exact) mass is 281 g/mol. The molecule has 1 N–H and O–H groups in total. The van der Waals surface area contributed by atoms with E-state index in [1.165, 1.54) is 0 Å². The van der Waals surface area contributed by atoms with Gasteiger partial charge in [0.15, 0.2) is 5.79 Å². The summed E-state index contributed by atoms with van der Waals surface area (Å²) in [5, 5.41) is 7.11. The van der Waals surface area contributed by atoms with Crippen LogP contribution in [0.2, 0.25) is 0 Å². The minimum atomic E-state index is -0.506. The van der Waals surface area contributed by atoms with E-state index in [1.807, 2.05) is 20.9 Å². The molecule has 2 rings (SSSR count). The van der Waals surface area contributed by atoms with Crippen LogP contribution in [0.15, 0.2) is 6.20 Å². The summed E-state index contributed by atoms with van der Waals surface area (Å²) in [4.78, 5) is 12.1. The van der Waals surface area contributed by atoms with Gasteiger partial charge in [-0.2, -0.15) is 5.10 Å². The zero-order valence-electron chi connectivity index (χ0n) is 12.6. The number of carbonyl (C=O) groups is 1. The number of aryl methyl sites for hydroxylation is 2. The van der Waals surface area contributed by atoms with E-state index in [4.69, 9.17) is 9.47 Å². The van der Waals surface area contributed by atoms with Crippen LogP contribution >= 0.6 is 0 Å². The molecular weight excluding hydrogens is 258 g/mol. The van der Waals surface area contributed by atoms with Crippen molar-refractivity contribution >= 4 is 5.91 Å². The zero-order valence-corrected chi connectivity index (χ0v) is 12.6. The van der Waals surface area contributed by atoms with Crippen LogP contribution in [-0.4, -0.2) is 41.2 Å². The van der Waals surface area contributed by atoms with Crippen LogP contribution in [0.25, 0.3) is 0 Å². The number of rotatable bonds is 5. The molecule has 6 heteroatoms. The Morgan fingerprint density at radius 3 is 2.75 bits per heavy atom. The molecule has 2 heterocycles. The average Bonchev–Trinajstić information content (AvgIpc) is 2.92. The van der Waals surface area contributed by atoms with Crippen LogP contribution in [0.3, 0.4) is 0 Å². The number of amides is 1. The molecule has 1 saturated heterocycles. The predicted octanol–water partition coefficient (Wildman–Crippen LogP) is 1.25. The van der Waals surface area contributed by atoms with Crippen molar-refractivity contribution in [3.05, 3.63) is 17.5 Å². The van der Waals surface area contributed by atoms with Gasteiger partial charge in [0.05, 0.1) is 24.5 Å². The number of nitrogens with zero attached hydrogens (tertiary/aromatic N) is 2. The van der Waals surface area contributed by atoms with E-state index in [9.17, 15) is 4.79 Å². The van der Waals surface area contributed by atoms with Crippen LogP contribution in [0.1, 0.15) is 36.3 Å². The summed E-state index contributed by atoms with van der Waals surface area (Å²) in [7, 11) is 1.81. The molecule has 1 aromatic rings. The number of ether oxygens (including phenoxy) is 2. The lowest BCUT2D eigenvalue weighted by molar-refractivity contribution is -0.153. The highest BCUT2D eigenvalue weighted by molar-refractivity contribution is 5.94. The lowest BCUT2D eigenvalue weighted by Gasteiger charge is -2.25. The first kappa shape index (κ1) is 15.0. The number of hydrogen-bond acceptors (Lipinski definition) is 4. The third-order valence-electron chi connectivity index (χ3n) is 3.49. The number of carbonyl (C=O) groups excluding carboxylic acids is 1. The molecule has 0 unspecified atom stereocenters. The van der Waals surface area contributed by atoms with Crippen molar-refractivity contribution in [2.45, 2.75) is 33.0 Å². The van der Waals surface area contributed by atoms with E-state index in [0.717, 1.165) is 12.1 Å². The fraction of sp³-hybridized carbons (Fsp3) is 0.714. The first-order valence-electron chi connectivity index (χ1n) is 6.96. The second-order valence-corrected chi connectivity index (χ2v) is 5.65. The largest absolute Gasteiger partial charge is 0.352 e. The lowest BCUT2D eigenvalue weighted by atomic mass is 10.0. The topological polar surface area (TPSA) is 65.4 Å². The Kier molecular flexibility index (Phi) is 4.45. The molecule has 1 aromatic heterocycles. The third-order valence-corrected chi connectivity index (χ3v) is 3.49. The predicted molar refractivity (Wildman–Crippen MR) is 74.4 cm³/mol. The normalized spacial score (nSPS) is 19.0. The highest BCUT2D eigenvalue weighted by Crippen LogP contribution is 2.26. The van der Waals surface area contributed by atoms with Crippen molar-refractivity contribution in [1.29, 1.82) is 0 Å². The van der Waals surface area contributed by atoms with Gasteiger partial charge in [0.2, 0.25) is 0 Å². The summed E-state index contributed by atoms with van der Waals surface area (Å²) in [6, 6.07) is 0. The van der Waals surface area contributed by atoms with Crippen LogP contribution in [-0.2, 0) is 16.5 Å². The molecule has 20 heavy (non-hydrogen) atoms. The highest BCUT2D eigenvalue weighted by Gasteiger charge is 2.32. The zero-order chi connectivity index (χ0) is 14.8. The van der Waals surface area contributed by atoms with E-state index in [-0.39, 0.29) is 11.8 Å². The van der Waals surface area contributed by atoms with E-state index in [0.29, 0.717) is 25.3 Å². The van der Waals surface area contributed by atoms with Crippen molar-refractivity contribution in [2.75, 3.05) is 19.8 Å². The van der Waals surface area contributed by atoms with Gasteiger partial charge in [-0.05, 0) is 19.8 Å². The third kappa shape index (κ3) is 3.58. The average molecular weight is 281 g/mol. The molecule has 1 amide bonds. The van der Waals surface area contributed by atoms with Gasteiger partial charge >= 0.3 is 0 Å². The summed E-state index contributed by atoms with van der Waals surface area (Å²) in [5.74, 6) is -0.311. The maximum Gasteiger partial charge on any atom is 0.254 e. The fourth-order valence-corrected chi connectivity index (χ4v) is 2.56. The number of nitrogens with one attached hydrogen (secondary N) is 1. The van der Waals surface area contributed by atoms with Crippen molar-refractivity contribution in [3.63, 3.8) is 0 Å². The van der Waals surface area contributed by atoms with Crippen LogP contribution in [0.5, 0.6) is 0 Å². The van der Waals surface area contributed by atoms with Crippen molar-refractivity contribution in [3.8, 4) is 0 Å². The maximum atomic E-state index is 12.1. The molecule has 0 saturated carbocycles. The SMILES string of the molecule is Cc1nn(C)cc1C(=O)NC[C@@H](C)CC1(C)OCCO1. The molecule has 0 aromatic carbocycles. The molecule has 1 fully saturated rings. The van der Waals surface area contributed by atoms with E-state index in [2.05, 4.69) is 17.3 Å². The Hall–Kier alpha value is -1.40. The minimum Gasteiger partial charge on any atom is -0.352 e. The molecule has 0 bridgehead atoms. The Labute approximate surface area is 119 Å². The van der Waals surface area contributed by atoms with Gasteiger partial charge in [0.1, 0.15) is 0 Å². The van der Waals surface area contributed by atoms with Crippen LogP contribution in [0, 0.1) is 12.8 Å². The first-order chi connectivity index (χ1) is 9.39. The second-order valence-electron chi connectivity index (χ2n) is 5.65. The molecule has 0 spiro atoms. The first-order valence-corrected chi connectivity index (χ1v) is 6.96. The molecule has 0 radical (unpaired) electrons. The summed E-state index contributed by atoms with van der Waals surface area (Å²) < 4.78 is 12.8. The van der Waals surface area contributed by atoms with Gasteiger partial charge < -0.3 is 14.8 Å². The van der Waals surface area contributed by atoms with Gasteiger partial charge in [-0.1, -0.05) is 6.92 Å². The Morgan fingerprint density at radius 2 is 2.20 bits per heavy atom. The molecule has 0 aliphatic carbocycles. The van der Waals surface area contributed by atoms with Gasteiger partial charge in [0, 0.05) is 26.2 Å². The van der Waals surface area contributed by atoms with Gasteiger partial charge in [-0.3, -0.25) is 9.48 Å².